The van der Waals surface area contributed by atoms with Crippen LogP contribution in [0.25, 0.3) is 0 Å². The first-order valence-electron chi connectivity index (χ1n) is 5.69. The van der Waals surface area contributed by atoms with Gasteiger partial charge in [0.25, 0.3) is 0 Å². The molecule has 0 aromatic carbocycles. The minimum absolute atomic E-state index is 0.702. The van der Waals surface area contributed by atoms with Crippen LogP contribution < -0.4 is 5.32 Å². The Labute approximate surface area is 96.6 Å². The number of nitrogens with one attached hydrogen (secondary N) is 1. The molecule has 1 aromatic rings. The van der Waals surface area contributed by atoms with Crippen LogP contribution in [0.5, 0.6) is 0 Å². The van der Waals surface area contributed by atoms with Gasteiger partial charge in [-0.2, -0.15) is 0 Å². The Morgan fingerprint density at radius 2 is 2.33 bits per heavy atom. The number of rotatable bonds is 3. The first-order chi connectivity index (χ1) is 7.15. The predicted octanol–water partition coefficient (Wildman–Crippen LogP) is 2.96. The molecule has 0 radical (unpaired) electrons. The Kier molecular flexibility index (Phi) is 3.37. The van der Waals surface area contributed by atoms with Crippen LogP contribution in [-0.4, -0.2) is 10.6 Å². The smallest absolute Gasteiger partial charge is 0.0585 e. The van der Waals surface area contributed by atoms with E-state index in [0.717, 1.165) is 17.5 Å². The molecule has 15 heavy (non-hydrogen) atoms. The zero-order valence-corrected chi connectivity index (χ0v) is 10.2. The second-order valence-electron chi connectivity index (χ2n) is 4.76. The molecule has 1 aromatic heterocycles. The SMILES string of the molecule is CC1CCC(NCc2cc(Cl)cn2C)C1. The van der Waals surface area contributed by atoms with E-state index < -0.39 is 0 Å². The number of halogens is 1. The summed E-state index contributed by atoms with van der Waals surface area (Å²) in [5, 5.41) is 4.43. The van der Waals surface area contributed by atoms with Crippen LogP contribution in [0, 0.1) is 5.92 Å². The highest BCUT2D eigenvalue weighted by Gasteiger charge is 2.20. The Bertz CT molecular complexity index is 332. The lowest BCUT2D eigenvalue weighted by molar-refractivity contribution is 0.494. The predicted molar refractivity (Wildman–Crippen MR) is 64.1 cm³/mol. The van der Waals surface area contributed by atoms with E-state index in [-0.39, 0.29) is 0 Å². The summed E-state index contributed by atoms with van der Waals surface area (Å²) in [6.07, 6.45) is 5.96. The summed E-state index contributed by atoms with van der Waals surface area (Å²) in [7, 11) is 2.04. The molecule has 1 fully saturated rings. The highest BCUT2D eigenvalue weighted by molar-refractivity contribution is 6.30. The average Bonchev–Trinajstić information content (AvgIpc) is 2.70. The molecule has 2 atom stereocenters. The molecule has 2 unspecified atom stereocenters. The van der Waals surface area contributed by atoms with Gasteiger partial charge in [0.15, 0.2) is 0 Å². The average molecular weight is 227 g/mol. The van der Waals surface area contributed by atoms with Gasteiger partial charge in [-0.3, -0.25) is 0 Å². The zero-order valence-electron chi connectivity index (χ0n) is 9.46. The summed E-state index contributed by atoms with van der Waals surface area (Å²) in [6.45, 7) is 3.27. The van der Waals surface area contributed by atoms with Crippen molar-refractivity contribution in [3.05, 3.63) is 23.0 Å². The van der Waals surface area contributed by atoms with Crippen LogP contribution in [-0.2, 0) is 13.6 Å². The van der Waals surface area contributed by atoms with Crippen LogP contribution in [0.1, 0.15) is 31.9 Å². The number of aryl methyl sites for hydroxylation is 1. The molecule has 1 N–H and O–H groups in total. The summed E-state index contributed by atoms with van der Waals surface area (Å²) in [6, 6.07) is 2.74. The summed E-state index contributed by atoms with van der Waals surface area (Å²) >= 11 is 5.94. The van der Waals surface area contributed by atoms with Crippen molar-refractivity contribution in [2.45, 2.75) is 38.8 Å². The first kappa shape index (κ1) is 11.0. The summed E-state index contributed by atoms with van der Waals surface area (Å²) in [5.41, 5.74) is 1.26. The maximum Gasteiger partial charge on any atom is 0.0585 e. The lowest BCUT2D eigenvalue weighted by Gasteiger charge is -2.12. The van der Waals surface area contributed by atoms with Crippen LogP contribution in [0.3, 0.4) is 0 Å². The highest BCUT2D eigenvalue weighted by Crippen LogP contribution is 2.25. The zero-order chi connectivity index (χ0) is 10.8. The third-order valence-electron chi connectivity index (χ3n) is 3.34. The van der Waals surface area contributed by atoms with Gasteiger partial charge in [-0.05, 0) is 31.2 Å². The largest absolute Gasteiger partial charge is 0.352 e. The summed E-state index contributed by atoms with van der Waals surface area (Å²) in [5.74, 6) is 0.888. The van der Waals surface area contributed by atoms with Gasteiger partial charge >= 0.3 is 0 Å². The molecule has 2 nitrogen and oxygen atoms in total. The molecule has 2 rings (SSSR count). The van der Waals surface area contributed by atoms with Crippen molar-refractivity contribution in [2.24, 2.45) is 13.0 Å². The monoisotopic (exact) mass is 226 g/mol. The number of aromatic nitrogens is 1. The minimum Gasteiger partial charge on any atom is -0.352 e. The third-order valence-corrected chi connectivity index (χ3v) is 3.55. The van der Waals surface area contributed by atoms with Crippen molar-refractivity contribution < 1.29 is 0 Å². The molecule has 0 spiro atoms. The van der Waals surface area contributed by atoms with E-state index in [0.29, 0.717) is 6.04 Å². The van der Waals surface area contributed by atoms with Crippen molar-refractivity contribution in [3.63, 3.8) is 0 Å². The van der Waals surface area contributed by atoms with Gasteiger partial charge in [0.2, 0.25) is 0 Å². The third kappa shape index (κ3) is 2.76. The molecular weight excluding hydrogens is 208 g/mol. The van der Waals surface area contributed by atoms with E-state index in [9.17, 15) is 0 Å². The number of nitrogens with zero attached hydrogens (tertiary/aromatic N) is 1. The molecule has 84 valence electrons. The van der Waals surface area contributed by atoms with Gasteiger partial charge in [-0.1, -0.05) is 18.5 Å². The van der Waals surface area contributed by atoms with Gasteiger partial charge in [0.05, 0.1) is 5.02 Å². The number of hydrogen-bond donors (Lipinski definition) is 1. The molecular formula is C12H19ClN2. The maximum atomic E-state index is 5.94. The van der Waals surface area contributed by atoms with E-state index in [1.54, 1.807) is 0 Å². The molecule has 1 aliphatic rings. The lowest BCUT2D eigenvalue weighted by Crippen LogP contribution is -2.26. The molecule has 0 bridgehead atoms. The Balaban J connectivity index is 1.85. The molecule has 1 heterocycles. The van der Waals surface area contributed by atoms with E-state index in [2.05, 4.69) is 16.8 Å². The van der Waals surface area contributed by atoms with Crippen LogP contribution in [0.15, 0.2) is 12.3 Å². The van der Waals surface area contributed by atoms with E-state index in [4.69, 9.17) is 11.6 Å². The van der Waals surface area contributed by atoms with Gasteiger partial charge in [-0.15, -0.1) is 0 Å². The lowest BCUT2D eigenvalue weighted by atomic mass is 10.1. The molecule has 1 saturated carbocycles. The molecule has 0 amide bonds. The first-order valence-corrected chi connectivity index (χ1v) is 6.07. The highest BCUT2D eigenvalue weighted by atomic mass is 35.5. The van der Waals surface area contributed by atoms with Gasteiger partial charge in [-0.25, -0.2) is 0 Å². The molecule has 3 heteroatoms. The maximum absolute atomic E-state index is 5.94. The minimum atomic E-state index is 0.702. The van der Waals surface area contributed by atoms with Gasteiger partial charge < -0.3 is 9.88 Å². The fourth-order valence-corrected chi connectivity index (χ4v) is 2.66. The topological polar surface area (TPSA) is 17.0 Å². The standard InChI is InChI=1S/C12H19ClN2/c1-9-3-4-11(5-9)14-7-12-6-10(13)8-15(12)2/h6,8-9,11,14H,3-5,7H2,1-2H3. The van der Waals surface area contributed by atoms with E-state index in [1.165, 1.54) is 25.0 Å². The second kappa shape index (κ2) is 4.58. The van der Waals surface area contributed by atoms with Gasteiger partial charge in [0.1, 0.15) is 0 Å². The molecule has 1 aliphatic carbocycles. The number of hydrogen-bond acceptors (Lipinski definition) is 1. The Morgan fingerprint density at radius 3 is 2.87 bits per heavy atom. The summed E-state index contributed by atoms with van der Waals surface area (Å²) < 4.78 is 2.09. The Hall–Kier alpha value is -0.470. The van der Waals surface area contributed by atoms with Crippen LogP contribution >= 0.6 is 11.6 Å². The van der Waals surface area contributed by atoms with Crippen LogP contribution in [0.2, 0.25) is 5.02 Å². The van der Waals surface area contributed by atoms with Crippen molar-refractivity contribution in [2.75, 3.05) is 0 Å². The van der Waals surface area contributed by atoms with Gasteiger partial charge in [0, 0.05) is 31.5 Å². The van der Waals surface area contributed by atoms with E-state index in [1.807, 2.05) is 19.3 Å². The quantitative estimate of drug-likeness (QED) is 0.839. The van der Waals surface area contributed by atoms with Crippen molar-refractivity contribution in [1.29, 1.82) is 0 Å². The van der Waals surface area contributed by atoms with Crippen molar-refractivity contribution >= 4 is 11.6 Å². The van der Waals surface area contributed by atoms with Crippen molar-refractivity contribution in [3.8, 4) is 0 Å². The second-order valence-corrected chi connectivity index (χ2v) is 5.19. The normalized spacial score (nSPS) is 26.1. The van der Waals surface area contributed by atoms with Crippen LogP contribution in [0.4, 0.5) is 0 Å². The molecule has 0 saturated heterocycles. The summed E-state index contributed by atoms with van der Waals surface area (Å²) in [4.78, 5) is 0. The Morgan fingerprint density at radius 1 is 1.53 bits per heavy atom. The fraction of sp³-hybridized carbons (Fsp3) is 0.667. The fourth-order valence-electron chi connectivity index (χ4n) is 2.38. The molecule has 0 aliphatic heterocycles. The van der Waals surface area contributed by atoms with E-state index >= 15 is 0 Å². The van der Waals surface area contributed by atoms with Crippen molar-refractivity contribution in [1.82, 2.24) is 9.88 Å².